The summed E-state index contributed by atoms with van der Waals surface area (Å²) in [7, 11) is 3.50. The van der Waals surface area contributed by atoms with Crippen LogP contribution in [0.15, 0.2) is 122 Å². The third-order valence-corrected chi connectivity index (χ3v) is 9.94. The largest absolute Gasteiger partial charge is 0.383 e. The van der Waals surface area contributed by atoms with Crippen LogP contribution in [0, 0.1) is 5.92 Å². The molecule has 1 aliphatic heterocycles. The molecule has 1 aliphatic rings. The van der Waals surface area contributed by atoms with Crippen LogP contribution in [0.4, 0.5) is 0 Å². The first-order valence-electron chi connectivity index (χ1n) is 17.3. The highest BCUT2D eigenvalue weighted by Crippen LogP contribution is 2.33. The van der Waals surface area contributed by atoms with E-state index in [1.807, 2.05) is 25.8 Å². The first kappa shape index (κ1) is 32.6. The maximum absolute atomic E-state index is 13.8. The average molecular weight is 652 g/mol. The maximum atomic E-state index is 13.8. The fraction of sp³-hybridized carbons (Fsp3) is 0.286. The number of fused-ring (bicyclic) bond motifs is 1. The molecule has 0 N–H and O–H groups in total. The molecule has 0 bridgehead atoms. The van der Waals surface area contributed by atoms with Gasteiger partial charge in [-0.2, -0.15) is 0 Å². The first-order valence-corrected chi connectivity index (χ1v) is 17.3. The van der Waals surface area contributed by atoms with Crippen molar-refractivity contribution in [2.45, 2.75) is 32.5 Å². The number of likely N-dealkylation sites (tertiary alicyclic amines) is 1. The van der Waals surface area contributed by atoms with E-state index in [2.05, 4.69) is 122 Å². The van der Waals surface area contributed by atoms with Crippen LogP contribution >= 0.6 is 0 Å². The molecule has 4 aromatic carbocycles. The van der Waals surface area contributed by atoms with E-state index in [4.69, 9.17) is 4.74 Å². The summed E-state index contributed by atoms with van der Waals surface area (Å²) in [4.78, 5) is 22.7. The van der Waals surface area contributed by atoms with Gasteiger partial charge < -0.3 is 18.8 Å². The van der Waals surface area contributed by atoms with Crippen LogP contribution in [0.1, 0.15) is 34.5 Å². The fourth-order valence-corrected chi connectivity index (χ4v) is 7.11. The van der Waals surface area contributed by atoms with Crippen LogP contribution < -0.4 is 0 Å². The van der Waals surface area contributed by atoms with Gasteiger partial charge in [0.15, 0.2) is 0 Å². The number of ether oxygens (including phenoxy) is 1. The number of carbonyl (C=O) groups excluding carboxylic acids is 1. The molecule has 250 valence electrons. The molecule has 7 nitrogen and oxygen atoms in total. The molecular formula is C42H45N5O2. The van der Waals surface area contributed by atoms with Crippen LogP contribution in [0.5, 0.6) is 0 Å². The summed E-state index contributed by atoms with van der Waals surface area (Å²) in [5.74, 6) is 0.596. The van der Waals surface area contributed by atoms with Gasteiger partial charge in [-0.15, -0.1) is 0 Å². The molecule has 3 heterocycles. The lowest BCUT2D eigenvalue weighted by Gasteiger charge is -2.32. The van der Waals surface area contributed by atoms with Crippen LogP contribution in [-0.4, -0.2) is 70.2 Å². The summed E-state index contributed by atoms with van der Waals surface area (Å²) in [6, 6.07) is 34.3. The van der Waals surface area contributed by atoms with Crippen molar-refractivity contribution in [2.24, 2.45) is 5.92 Å². The summed E-state index contributed by atoms with van der Waals surface area (Å²) in [6.07, 6.45) is 10.4. The van der Waals surface area contributed by atoms with Crippen molar-refractivity contribution in [3.8, 4) is 22.3 Å². The Morgan fingerprint density at radius 3 is 2.37 bits per heavy atom. The smallest absolute Gasteiger partial charge is 0.255 e. The van der Waals surface area contributed by atoms with Gasteiger partial charge in [-0.25, -0.2) is 4.98 Å². The molecule has 6 aromatic rings. The van der Waals surface area contributed by atoms with E-state index in [1.165, 1.54) is 29.5 Å². The Bertz CT molecular complexity index is 1980. The molecule has 7 rings (SSSR count). The summed E-state index contributed by atoms with van der Waals surface area (Å²) in [6.45, 7) is 5.82. The van der Waals surface area contributed by atoms with Crippen molar-refractivity contribution in [1.29, 1.82) is 0 Å². The van der Waals surface area contributed by atoms with Crippen molar-refractivity contribution in [1.82, 2.24) is 23.9 Å². The molecule has 2 aromatic heterocycles. The van der Waals surface area contributed by atoms with Gasteiger partial charge in [0.05, 0.1) is 30.7 Å². The number of aromatic nitrogens is 3. The second-order valence-electron chi connectivity index (χ2n) is 13.3. The zero-order chi connectivity index (χ0) is 33.6. The van der Waals surface area contributed by atoms with E-state index < -0.39 is 0 Å². The topological polar surface area (TPSA) is 55.5 Å². The number of carbonyl (C=O) groups is 1. The van der Waals surface area contributed by atoms with Gasteiger partial charge in [0.1, 0.15) is 0 Å². The highest BCUT2D eigenvalue weighted by molar-refractivity contribution is 6.06. The van der Waals surface area contributed by atoms with Crippen molar-refractivity contribution >= 4 is 16.7 Å². The van der Waals surface area contributed by atoms with Crippen LogP contribution in [-0.2, 0) is 24.4 Å². The Labute approximate surface area is 289 Å². The predicted octanol–water partition coefficient (Wildman–Crippen LogP) is 7.85. The van der Waals surface area contributed by atoms with Gasteiger partial charge in [-0.1, -0.05) is 97.1 Å². The summed E-state index contributed by atoms with van der Waals surface area (Å²) in [5, 5.41) is 2.29. The predicted molar refractivity (Wildman–Crippen MR) is 197 cm³/mol. The molecule has 1 saturated heterocycles. The number of methoxy groups -OCH3 is 1. The number of amides is 1. The molecule has 0 atom stereocenters. The summed E-state index contributed by atoms with van der Waals surface area (Å²) >= 11 is 0. The van der Waals surface area contributed by atoms with E-state index >= 15 is 0 Å². The SMILES string of the molecule is COCCN(C)C(=O)c1cn(Cc2cncn2CC2CCN(Cc3ccc(-c4ccccc4)cc3)CC2)cc1-c1cccc2ccccc12. The number of likely N-dealkylation sites (N-methyl/N-ethyl adjacent to an activating group) is 1. The molecule has 0 unspecified atom stereocenters. The van der Waals surface area contributed by atoms with Crippen molar-refractivity contribution < 1.29 is 9.53 Å². The summed E-state index contributed by atoms with van der Waals surface area (Å²) < 4.78 is 9.72. The Hall–Kier alpha value is -4.98. The number of hydrogen-bond acceptors (Lipinski definition) is 4. The molecule has 0 saturated carbocycles. The van der Waals surface area contributed by atoms with Gasteiger partial charge in [0, 0.05) is 57.9 Å². The third kappa shape index (κ3) is 7.53. The number of hydrogen-bond donors (Lipinski definition) is 0. The molecule has 0 radical (unpaired) electrons. The molecule has 0 aliphatic carbocycles. The average Bonchev–Trinajstić information content (AvgIpc) is 3.78. The lowest BCUT2D eigenvalue weighted by molar-refractivity contribution is 0.0745. The number of nitrogens with zero attached hydrogens (tertiary/aromatic N) is 5. The number of piperidine rings is 1. The van der Waals surface area contributed by atoms with E-state index in [-0.39, 0.29) is 5.91 Å². The third-order valence-electron chi connectivity index (χ3n) is 9.94. The second kappa shape index (κ2) is 15.1. The van der Waals surface area contributed by atoms with Crippen LogP contribution in [0.25, 0.3) is 33.0 Å². The minimum Gasteiger partial charge on any atom is -0.383 e. The number of imidazole rings is 1. The normalized spacial score (nSPS) is 14.0. The zero-order valence-corrected chi connectivity index (χ0v) is 28.5. The molecule has 7 heteroatoms. The van der Waals surface area contributed by atoms with Crippen molar-refractivity contribution in [3.63, 3.8) is 0 Å². The molecular weight excluding hydrogens is 606 g/mol. The minimum atomic E-state index is -0.00820. The minimum absolute atomic E-state index is 0.00820. The molecule has 1 fully saturated rings. The lowest BCUT2D eigenvalue weighted by atomic mass is 9.96. The Balaban J connectivity index is 1.02. The molecule has 1 amide bonds. The molecule has 49 heavy (non-hydrogen) atoms. The number of benzene rings is 4. The highest BCUT2D eigenvalue weighted by atomic mass is 16.5. The van der Waals surface area contributed by atoms with Gasteiger partial charge >= 0.3 is 0 Å². The van der Waals surface area contributed by atoms with Gasteiger partial charge in [0.2, 0.25) is 0 Å². The zero-order valence-electron chi connectivity index (χ0n) is 28.5. The maximum Gasteiger partial charge on any atom is 0.255 e. The van der Waals surface area contributed by atoms with E-state index in [0.29, 0.717) is 31.2 Å². The van der Waals surface area contributed by atoms with Crippen molar-refractivity contribution in [3.05, 3.63) is 139 Å². The standard InChI is InChI=1S/C42H45N5O2/c1-44(23-24-49-2)42(48)41-30-46(29-40(41)39-14-8-12-36-11-6-7-13-38(36)39)28-37-25-43-31-47(37)27-33-19-21-45(22-20-33)26-32-15-17-35(18-16-32)34-9-4-3-5-10-34/h3-18,25,29-31,33H,19-24,26-28H2,1-2H3. The lowest BCUT2D eigenvalue weighted by Crippen LogP contribution is -2.34. The Morgan fingerprint density at radius 2 is 1.57 bits per heavy atom. The highest BCUT2D eigenvalue weighted by Gasteiger charge is 2.23. The first-order chi connectivity index (χ1) is 24.1. The van der Waals surface area contributed by atoms with Gasteiger partial charge in [0.25, 0.3) is 5.91 Å². The van der Waals surface area contributed by atoms with Crippen molar-refractivity contribution in [2.75, 3.05) is 40.4 Å². The van der Waals surface area contributed by atoms with E-state index in [9.17, 15) is 4.79 Å². The second-order valence-corrected chi connectivity index (χ2v) is 13.3. The van der Waals surface area contributed by atoms with Gasteiger partial charge in [-0.05, 0) is 64.9 Å². The van der Waals surface area contributed by atoms with E-state index in [0.717, 1.165) is 53.8 Å². The van der Waals surface area contributed by atoms with Gasteiger partial charge in [-0.3, -0.25) is 9.69 Å². The van der Waals surface area contributed by atoms with Crippen LogP contribution in [0.2, 0.25) is 0 Å². The number of rotatable bonds is 12. The van der Waals surface area contributed by atoms with E-state index in [1.54, 1.807) is 12.0 Å². The monoisotopic (exact) mass is 651 g/mol. The fourth-order valence-electron chi connectivity index (χ4n) is 7.11. The Morgan fingerprint density at radius 1 is 0.837 bits per heavy atom. The summed E-state index contributed by atoms with van der Waals surface area (Å²) in [5.41, 5.74) is 7.74. The molecule has 0 spiro atoms. The Kier molecular flexibility index (Phi) is 10.0. The quantitative estimate of drug-likeness (QED) is 0.135. The van der Waals surface area contributed by atoms with Crippen LogP contribution in [0.3, 0.4) is 0 Å².